The summed E-state index contributed by atoms with van der Waals surface area (Å²) in [4.78, 5) is 4.23. The SMILES string of the molecule is COc1ncc(C)c2cc(CN)ccc12. The first-order valence-electron chi connectivity index (χ1n) is 4.88. The van der Waals surface area contributed by atoms with Crippen LogP contribution in [0.4, 0.5) is 0 Å². The van der Waals surface area contributed by atoms with Gasteiger partial charge in [-0.3, -0.25) is 0 Å². The Morgan fingerprint density at radius 3 is 2.80 bits per heavy atom. The van der Waals surface area contributed by atoms with Crippen LogP contribution in [0.15, 0.2) is 24.4 Å². The number of methoxy groups -OCH3 is 1. The lowest BCUT2D eigenvalue weighted by molar-refractivity contribution is 0.403. The third kappa shape index (κ3) is 1.66. The molecule has 0 fully saturated rings. The Morgan fingerprint density at radius 1 is 1.33 bits per heavy atom. The van der Waals surface area contributed by atoms with E-state index in [2.05, 4.69) is 11.1 Å². The molecule has 0 saturated carbocycles. The molecule has 2 N–H and O–H groups in total. The topological polar surface area (TPSA) is 48.1 Å². The van der Waals surface area contributed by atoms with Crippen molar-refractivity contribution in [1.82, 2.24) is 4.98 Å². The van der Waals surface area contributed by atoms with Crippen LogP contribution < -0.4 is 10.5 Å². The van der Waals surface area contributed by atoms with Crippen LogP contribution in [-0.4, -0.2) is 12.1 Å². The summed E-state index contributed by atoms with van der Waals surface area (Å²) in [5.41, 5.74) is 7.88. The molecule has 1 aromatic carbocycles. The fraction of sp³-hybridized carbons (Fsp3) is 0.250. The van der Waals surface area contributed by atoms with Gasteiger partial charge in [0, 0.05) is 18.1 Å². The van der Waals surface area contributed by atoms with Crippen molar-refractivity contribution >= 4 is 10.8 Å². The maximum Gasteiger partial charge on any atom is 0.221 e. The Bertz CT molecular complexity index is 494. The second-order valence-corrected chi connectivity index (χ2v) is 3.53. The number of rotatable bonds is 2. The summed E-state index contributed by atoms with van der Waals surface area (Å²) < 4.78 is 5.21. The van der Waals surface area contributed by atoms with Gasteiger partial charge in [0.2, 0.25) is 5.88 Å². The Labute approximate surface area is 88.9 Å². The second-order valence-electron chi connectivity index (χ2n) is 3.53. The maximum absolute atomic E-state index is 5.61. The third-order valence-corrected chi connectivity index (χ3v) is 2.54. The highest BCUT2D eigenvalue weighted by Gasteiger charge is 2.05. The summed E-state index contributed by atoms with van der Waals surface area (Å²) in [6, 6.07) is 6.11. The zero-order valence-electron chi connectivity index (χ0n) is 8.95. The lowest BCUT2D eigenvalue weighted by Gasteiger charge is -2.07. The molecule has 1 aromatic heterocycles. The van der Waals surface area contributed by atoms with E-state index in [1.165, 1.54) is 0 Å². The Morgan fingerprint density at radius 2 is 2.13 bits per heavy atom. The number of nitrogens with two attached hydrogens (primary N) is 1. The molecule has 3 nitrogen and oxygen atoms in total. The molecular formula is C12H14N2O. The second kappa shape index (κ2) is 3.87. The lowest BCUT2D eigenvalue weighted by atomic mass is 10.1. The van der Waals surface area contributed by atoms with Crippen LogP contribution in [0.3, 0.4) is 0 Å². The summed E-state index contributed by atoms with van der Waals surface area (Å²) in [5, 5.41) is 2.19. The highest BCUT2D eigenvalue weighted by molar-refractivity contribution is 5.89. The van der Waals surface area contributed by atoms with E-state index < -0.39 is 0 Å². The molecule has 0 amide bonds. The fourth-order valence-electron chi connectivity index (χ4n) is 1.69. The van der Waals surface area contributed by atoms with Gasteiger partial charge in [0.15, 0.2) is 0 Å². The quantitative estimate of drug-likeness (QED) is 0.810. The summed E-state index contributed by atoms with van der Waals surface area (Å²) in [5.74, 6) is 0.666. The summed E-state index contributed by atoms with van der Waals surface area (Å²) >= 11 is 0. The molecule has 3 heteroatoms. The van der Waals surface area contributed by atoms with Crippen molar-refractivity contribution in [1.29, 1.82) is 0 Å². The van der Waals surface area contributed by atoms with Crippen molar-refractivity contribution in [2.24, 2.45) is 5.73 Å². The van der Waals surface area contributed by atoms with Crippen LogP contribution in [0.25, 0.3) is 10.8 Å². The first kappa shape index (κ1) is 9.93. The minimum Gasteiger partial charge on any atom is -0.481 e. The van der Waals surface area contributed by atoms with E-state index >= 15 is 0 Å². The number of pyridine rings is 1. The molecule has 78 valence electrons. The van der Waals surface area contributed by atoms with E-state index in [0.717, 1.165) is 21.9 Å². The number of fused-ring (bicyclic) bond motifs is 1. The molecule has 0 aliphatic carbocycles. The molecule has 0 aliphatic rings. The summed E-state index contributed by atoms with van der Waals surface area (Å²) in [6.07, 6.45) is 1.82. The van der Waals surface area contributed by atoms with Gasteiger partial charge in [-0.2, -0.15) is 0 Å². The molecule has 15 heavy (non-hydrogen) atoms. The highest BCUT2D eigenvalue weighted by Crippen LogP contribution is 2.26. The van der Waals surface area contributed by atoms with Crippen molar-refractivity contribution in [3.05, 3.63) is 35.5 Å². The van der Waals surface area contributed by atoms with E-state index in [9.17, 15) is 0 Å². The van der Waals surface area contributed by atoms with Crippen molar-refractivity contribution in [2.75, 3.05) is 7.11 Å². The standard InChI is InChI=1S/C12H14N2O/c1-8-7-14-12(15-2)10-4-3-9(6-13)5-11(8)10/h3-5,7H,6,13H2,1-2H3. The molecule has 2 rings (SSSR count). The number of hydrogen-bond acceptors (Lipinski definition) is 3. The maximum atomic E-state index is 5.61. The smallest absolute Gasteiger partial charge is 0.221 e. The van der Waals surface area contributed by atoms with Crippen molar-refractivity contribution in [2.45, 2.75) is 13.5 Å². The normalized spacial score (nSPS) is 10.6. The summed E-state index contributed by atoms with van der Waals surface area (Å²) in [6.45, 7) is 2.59. The predicted octanol–water partition coefficient (Wildman–Crippen LogP) is 2.01. The van der Waals surface area contributed by atoms with Gasteiger partial charge in [-0.15, -0.1) is 0 Å². The monoisotopic (exact) mass is 202 g/mol. The van der Waals surface area contributed by atoms with Crippen LogP contribution in [-0.2, 0) is 6.54 Å². The van der Waals surface area contributed by atoms with Gasteiger partial charge in [-0.05, 0) is 35.6 Å². The van der Waals surface area contributed by atoms with E-state index in [-0.39, 0.29) is 0 Å². The van der Waals surface area contributed by atoms with E-state index in [0.29, 0.717) is 12.4 Å². The average Bonchev–Trinajstić information content (AvgIpc) is 2.29. The minimum absolute atomic E-state index is 0.556. The van der Waals surface area contributed by atoms with E-state index in [1.807, 2.05) is 25.3 Å². The first-order valence-corrected chi connectivity index (χ1v) is 4.88. The van der Waals surface area contributed by atoms with Crippen LogP contribution >= 0.6 is 0 Å². The molecule has 0 saturated heterocycles. The molecule has 0 bridgehead atoms. The van der Waals surface area contributed by atoms with Gasteiger partial charge < -0.3 is 10.5 Å². The van der Waals surface area contributed by atoms with Crippen LogP contribution in [0.2, 0.25) is 0 Å². The van der Waals surface area contributed by atoms with Crippen molar-refractivity contribution in [3.63, 3.8) is 0 Å². The minimum atomic E-state index is 0.556. The van der Waals surface area contributed by atoms with Gasteiger partial charge in [-0.1, -0.05) is 6.07 Å². The molecule has 2 aromatic rings. The highest BCUT2D eigenvalue weighted by atomic mass is 16.5. The molecule has 0 spiro atoms. The van der Waals surface area contributed by atoms with Gasteiger partial charge in [-0.25, -0.2) is 4.98 Å². The van der Waals surface area contributed by atoms with Crippen molar-refractivity contribution in [3.8, 4) is 5.88 Å². The van der Waals surface area contributed by atoms with Crippen molar-refractivity contribution < 1.29 is 4.74 Å². The average molecular weight is 202 g/mol. The number of benzene rings is 1. The van der Waals surface area contributed by atoms with Crippen LogP contribution in [0.5, 0.6) is 5.88 Å². The predicted molar refractivity (Wildman–Crippen MR) is 60.9 cm³/mol. The first-order chi connectivity index (χ1) is 7.26. The largest absolute Gasteiger partial charge is 0.481 e. The van der Waals surface area contributed by atoms with E-state index in [4.69, 9.17) is 10.5 Å². The zero-order chi connectivity index (χ0) is 10.8. The number of aryl methyl sites for hydroxylation is 1. The molecule has 1 heterocycles. The van der Waals surface area contributed by atoms with Gasteiger partial charge in [0.1, 0.15) is 0 Å². The lowest BCUT2D eigenvalue weighted by Crippen LogP contribution is -1.97. The number of nitrogens with zero attached hydrogens (tertiary/aromatic N) is 1. The van der Waals surface area contributed by atoms with E-state index in [1.54, 1.807) is 7.11 Å². The number of ether oxygens (including phenoxy) is 1. The van der Waals surface area contributed by atoms with Crippen LogP contribution in [0.1, 0.15) is 11.1 Å². The molecule has 0 aliphatic heterocycles. The number of aromatic nitrogens is 1. The fourth-order valence-corrected chi connectivity index (χ4v) is 1.69. The Kier molecular flexibility index (Phi) is 2.56. The molecule has 0 radical (unpaired) electrons. The summed E-state index contributed by atoms with van der Waals surface area (Å²) in [7, 11) is 1.63. The van der Waals surface area contributed by atoms with Crippen LogP contribution in [0, 0.1) is 6.92 Å². The Hall–Kier alpha value is -1.61. The zero-order valence-corrected chi connectivity index (χ0v) is 8.95. The Balaban J connectivity index is 2.75. The van der Waals surface area contributed by atoms with Gasteiger partial charge in [0.25, 0.3) is 0 Å². The molecule has 0 atom stereocenters. The number of hydrogen-bond donors (Lipinski definition) is 1. The molecular weight excluding hydrogens is 188 g/mol. The third-order valence-electron chi connectivity index (χ3n) is 2.54. The van der Waals surface area contributed by atoms with Gasteiger partial charge >= 0.3 is 0 Å². The van der Waals surface area contributed by atoms with Gasteiger partial charge in [0.05, 0.1) is 7.11 Å². The molecule has 0 unspecified atom stereocenters.